The number of pyridine rings is 1. The number of aryl methyl sites for hydroxylation is 2. The molecular formula is C16H23N3O. The van der Waals surface area contributed by atoms with Crippen LogP contribution in [0.25, 0.3) is 0 Å². The molecule has 2 rings (SSSR count). The SMILES string of the molecule is CC(C)OCCCCNc1nc2c(cc1C#N)CCC2. The first-order chi connectivity index (χ1) is 9.70. The van der Waals surface area contributed by atoms with Crippen molar-refractivity contribution in [2.75, 3.05) is 18.5 Å². The Hall–Kier alpha value is -1.60. The first-order valence-corrected chi connectivity index (χ1v) is 7.49. The smallest absolute Gasteiger partial charge is 0.144 e. The summed E-state index contributed by atoms with van der Waals surface area (Å²) in [6.45, 7) is 5.72. The van der Waals surface area contributed by atoms with Gasteiger partial charge in [0.25, 0.3) is 0 Å². The van der Waals surface area contributed by atoms with Crippen molar-refractivity contribution in [3.05, 3.63) is 22.9 Å². The normalized spacial score (nSPS) is 13.3. The number of nitrogens with zero attached hydrogens (tertiary/aromatic N) is 2. The molecule has 0 spiro atoms. The van der Waals surface area contributed by atoms with Crippen LogP contribution in [0.4, 0.5) is 5.82 Å². The van der Waals surface area contributed by atoms with Crippen molar-refractivity contribution in [1.82, 2.24) is 4.98 Å². The lowest BCUT2D eigenvalue weighted by atomic mass is 10.1. The number of hydrogen-bond donors (Lipinski definition) is 1. The summed E-state index contributed by atoms with van der Waals surface area (Å²) in [5.74, 6) is 0.748. The second-order valence-corrected chi connectivity index (χ2v) is 5.51. The number of aromatic nitrogens is 1. The fourth-order valence-corrected chi connectivity index (χ4v) is 2.44. The predicted octanol–water partition coefficient (Wildman–Crippen LogP) is 3.06. The summed E-state index contributed by atoms with van der Waals surface area (Å²) in [6, 6.07) is 4.24. The van der Waals surface area contributed by atoms with Gasteiger partial charge in [0.1, 0.15) is 11.9 Å². The quantitative estimate of drug-likeness (QED) is 0.776. The topological polar surface area (TPSA) is 57.9 Å². The minimum absolute atomic E-state index is 0.298. The van der Waals surface area contributed by atoms with E-state index in [0.29, 0.717) is 11.7 Å². The fraction of sp³-hybridized carbons (Fsp3) is 0.625. The van der Waals surface area contributed by atoms with Crippen LogP contribution in [-0.4, -0.2) is 24.2 Å². The zero-order valence-electron chi connectivity index (χ0n) is 12.4. The Balaban J connectivity index is 1.82. The van der Waals surface area contributed by atoms with Gasteiger partial charge in [0, 0.05) is 18.8 Å². The zero-order chi connectivity index (χ0) is 14.4. The molecule has 1 aromatic heterocycles. The highest BCUT2D eigenvalue weighted by atomic mass is 16.5. The Morgan fingerprint density at radius 1 is 1.40 bits per heavy atom. The maximum absolute atomic E-state index is 9.20. The van der Waals surface area contributed by atoms with Gasteiger partial charge in [0.15, 0.2) is 0 Å². The molecule has 4 nitrogen and oxygen atoms in total. The van der Waals surface area contributed by atoms with E-state index in [2.05, 4.69) is 16.4 Å². The van der Waals surface area contributed by atoms with E-state index >= 15 is 0 Å². The zero-order valence-corrected chi connectivity index (χ0v) is 12.4. The third-order valence-corrected chi connectivity index (χ3v) is 3.49. The number of fused-ring (bicyclic) bond motifs is 1. The molecule has 0 aliphatic heterocycles. The first kappa shape index (κ1) is 14.8. The summed E-state index contributed by atoms with van der Waals surface area (Å²) in [7, 11) is 0. The number of nitrogens with one attached hydrogen (secondary N) is 1. The fourth-order valence-electron chi connectivity index (χ4n) is 2.44. The van der Waals surface area contributed by atoms with E-state index in [4.69, 9.17) is 4.74 Å². The molecule has 4 heteroatoms. The van der Waals surface area contributed by atoms with Gasteiger partial charge < -0.3 is 10.1 Å². The number of unbranched alkanes of at least 4 members (excludes halogenated alkanes) is 1. The van der Waals surface area contributed by atoms with Crippen molar-refractivity contribution >= 4 is 5.82 Å². The van der Waals surface area contributed by atoms with Gasteiger partial charge in [0.2, 0.25) is 0 Å². The highest BCUT2D eigenvalue weighted by Crippen LogP contribution is 2.24. The Bertz CT molecular complexity index is 491. The second kappa shape index (κ2) is 7.25. The van der Waals surface area contributed by atoms with Crippen LogP contribution in [0.1, 0.15) is 49.9 Å². The van der Waals surface area contributed by atoms with E-state index in [9.17, 15) is 5.26 Å². The molecule has 1 heterocycles. The van der Waals surface area contributed by atoms with E-state index < -0.39 is 0 Å². The number of rotatable bonds is 7. The third kappa shape index (κ3) is 3.94. The number of nitriles is 1. The van der Waals surface area contributed by atoms with Crippen molar-refractivity contribution in [2.45, 2.75) is 52.1 Å². The summed E-state index contributed by atoms with van der Waals surface area (Å²) in [6.07, 6.45) is 5.60. The minimum atomic E-state index is 0.298. The molecule has 1 N–H and O–H groups in total. The molecule has 0 saturated carbocycles. The standard InChI is InChI=1S/C16H23N3O/c1-12(2)20-9-4-3-8-18-16-14(11-17)10-13-6-5-7-15(13)19-16/h10,12H,3-9H2,1-2H3,(H,18,19). The summed E-state index contributed by atoms with van der Waals surface area (Å²) in [4.78, 5) is 4.61. The molecule has 0 saturated heterocycles. The van der Waals surface area contributed by atoms with Gasteiger partial charge in [-0.05, 0) is 57.6 Å². The number of anilines is 1. The van der Waals surface area contributed by atoms with E-state index in [0.717, 1.165) is 56.8 Å². The van der Waals surface area contributed by atoms with Gasteiger partial charge in [-0.25, -0.2) is 4.98 Å². The second-order valence-electron chi connectivity index (χ2n) is 5.51. The molecule has 20 heavy (non-hydrogen) atoms. The molecule has 0 unspecified atom stereocenters. The largest absolute Gasteiger partial charge is 0.379 e. The van der Waals surface area contributed by atoms with E-state index in [1.54, 1.807) is 0 Å². The van der Waals surface area contributed by atoms with Crippen LogP contribution >= 0.6 is 0 Å². The third-order valence-electron chi connectivity index (χ3n) is 3.49. The lowest BCUT2D eigenvalue weighted by Crippen LogP contribution is -2.09. The van der Waals surface area contributed by atoms with Gasteiger partial charge in [-0.1, -0.05) is 0 Å². The van der Waals surface area contributed by atoms with Crippen LogP contribution in [0.15, 0.2) is 6.07 Å². The van der Waals surface area contributed by atoms with Crippen LogP contribution < -0.4 is 5.32 Å². The molecule has 1 aliphatic carbocycles. The Morgan fingerprint density at radius 2 is 2.25 bits per heavy atom. The highest BCUT2D eigenvalue weighted by molar-refractivity contribution is 5.55. The van der Waals surface area contributed by atoms with Gasteiger partial charge in [-0.3, -0.25) is 0 Å². The van der Waals surface area contributed by atoms with Crippen molar-refractivity contribution in [2.24, 2.45) is 0 Å². The first-order valence-electron chi connectivity index (χ1n) is 7.49. The molecule has 0 aromatic carbocycles. The molecule has 0 amide bonds. The molecule has 108 valence electrons. The molecule has 0 atom stereocenters. The van der Waals surface area contributed by atoms with Crippen molar-refractivity contribution in [1.29, 1.82) is 5.26 Å². The predicted molar refractivity (Wildman–Crippen MR) is 79.8 cm³/mol. The highest BCUT2D eigenvalue weighted by Gasteiger charge is 2.15. The number of hydrogen-bond acceptors (Lipinski definition) is 4. The van der Waals surface area contributed by atoms with Crippen LogP contribution in [0.3, 0.4) is 0 Å². The van der Waals surface area contributed by atoms with Gasteiger partial charge in [-0.15, -0.1) is 0 Å². The Labute approximate surface area is 121 Å². The average molecular weight is 273 g/mol. The lowest BCUT2D eigenvalue weighted by molar-refractivity contribution is 0.0765. The van der Waals surface area contributed by atoms with Crippen LogP contribution in [0, 0.1) is 11.3 Å². The number of ether oxygens (including phenoxy) is 1. The van der Waals surface area contributed by atoms with Gasteiger partial charge in [0.05, 0.1) is 11.7 Å². The van der Waals surface area contributed by atoms with Crippen molar-refractivity contribution in [3.63, 3.8) is 0 Å². The Morgan fingerprint density at radius 3 is 3.00 bits per heavy atom. The summed E-state index contributed by atoms with van der Waals surface area (Å²) in [5, 5.41) is 12.5. The van der Waals surface area contributed by atoms with Crippen molar-refractivity contribution in [3.8, 4) is 6.07 Å². The maximum atomic E-state index is 9.20. The maximum Gasteiger partial charge on any atom is 0.144 e. The van der Waals surface area contributed by atoms with E-state index in [1.807, 2.05) is 19.9 Å². The molecular weight excluding hydrogens is 250 g/mol. The molecule has 0 fully saturated rings. The molecule has 1 aliphatic rings. The van der Waals surface area contributed by atoms with E-state index in [1.165, 1.54) is 5.56 Å². The van der Waals surface area contributed by atoms with Crippen LogP contribution in [0.2, 0.25) is 0 Å². The molecule has 0 bridgehead atoms. The van der Waals surface area contributed by atoms with Crippen LogP contribution in [0.5, 0.6) is 0 Å². The molecule has 0 radical (unpaired) electrons. The summed E-state index contributed by atoms with van der Waals surface area (Å²) < 4.78 is 5.50. The lowest BCUT2D eigenvalue weighted by Gasteiger charge is -2.10. The molecule has 1 aromatic rings. The van der Waals surface area contributed by atoms with Gasteiger partial charge >= 0.3 is 0 Å². The van der Waals surface area contributed by atoms with E-state index in [-0.39, 0.29) is 0 Å². The average Bonchev–Trinajstić information content (AvgIpc) is 2.88. The summed E-state index contributed by atoms with van der Waals surface area (Å²) in [5.41, 5.74) is 3.08. The Kier molecular flexibility index (Phi) is 5.37. The monoisotopic (exact) mass is 273 g/mol. The van der Waals surface area contributed by atoms with Gasteiger partial charge in [-0.2, -0.15) is 5.26 Å². The van der Waals surface area contributed by atoms with Crippen LogP contribution in [-0.2, 0) is 17.6 Å². The minimum Gasteiger partial charge on any atom is -0.379 e. The van der Waals surface area contributed by atoms with Crippen molar-refractivity contribution < 1.29 is 4.74 Å². The summed E-state index contributed by atoms with van der Waals surface area (Å²) >= 11 is 0.